The number of hydrogen-bond acceptors (Lipinski definition) is 6. The second-order valence-corrected chi connectivity index (χ2v) is 9.88. The monoisotopic (exact) mass is 533 g/mol. The number of nitrogens with one attached hydrogen (secondary N) is 2. The van der Waals surface area contributed by atoms with Gasteiger partial charge in [-0.1, -0.05) is 30.3 Å². The van der Waals surface area contributed by atoms with Crippen LogP contribution < -0.4 is 15.5 Å². The minimum atomic E-state index is -1.21. The number of benzene rings is 2. The lowest BCUT2D eigenvalue weighted by molar-refractivity contribution is -0.140. The van der Waals surface area contributed by atoms with E-state index in [0.717, 1.165) is 39.1 Å². The number of para-hydroxylation sites is 1. The van der Waals surface area contributed by atoms with Crippen molar-refractivity contribution >= 4 is 35.1 Å². The van der Waals surface area contributed by atoms with Crippen molar-refractivity contribution < 1.29 is 24.6 Å². The third kappa shape index (κ3) is 6.83. The van der Waals surface area contributed by atoms with Crippen LogP contribution in [-0.2, 0) is 9.59 Å². The number of carbonyl (C=O) groups is 3. The van der Waals surface area contributed by atoms with Crippen LogP contribution in [-0.4, -0.2) is 78.1 Å². The number of carboxylic acids is 2. The van der Waals surface area contributed by atoms with Gasteiger partial charge in [0.1, 0.15) is 5.92 Å². The molecule has 0 aliphatic carbocycles. The van der Waals surface area contributed by atoms with E-state index in [1.807, 2.05) is 6.07 Å². The van der Waals surface area contributed by atoms with Crippen molar-refractivity contribution in [3.05, 3.63) is 71.4 Å². The molecule has 2 amide bonds. The van der Waals surface area contributed by atoms with E-state index in [1.165, 1.54) is 5.69 Å². The van der Waals surface area contributed by atoms with E-state index in [9.17, 15) is 24.6 Å². The number of allylic oxidation sites excluding steroid dienone is 1. The predicted molar refractivity (Wildman–Crippen MR) is 150 cm³/mol. The highest BCUT2D eigenvalue weighted by atomic mass is 16.4. The molecule has 2 atom stereocenters. The Balaban J connectivity index is 1.29. The lowest BCUT2D eigenvalue weighted by Crippen LogP contribution is -2.47. The maximum Gasteiger partial charge on any atom is 0.334 e. The van der Waals surface area contributed by atoms with Gasteiger partial charge in [0.2, 0.25) is 0 Å². The van der Waals surface area contributed by atoms with E-state index in [-0.39, 0.29) is 17.3 Å². The topological polar surface area (TPSA) is 135 Å². The lowest BCUT2D eigenvalue weighted by Gasteiger charge is -2.36. The van der Waals surface area contributed by atoms with Gasteiger partial charge in [-0.05, 0) is 56.6 Å². The number of anilines is 2. The van der Waals surface area contributed by atoms with Crippen LogP contribution in [0.4, 0.5) is 16.2 Å². The molecule has 1 fully saturated rings. The van der Waals surface area contributed by atoms with Gasteiger partial charge in [0.25, 0.3) is 0 Å². The summed E-state index contributed by atoms with van der Waals surface area (Å²) in [6.07, 6.45) is 0.811. The van der Waals surface area contributed by atoms with Crippen molar-refractivity contribution in [2.24, 2.45) is 10.9 Å². The summed E-state index contributed by atoms with van der Waals surface area (Å²) in [4.78, 5) is 45.6. The van der Waals surface area contributed by atoms with Gasteiger partial charge in [0.05, 0.1) is 5.57 Å². The third-order valence-corrected chi connectivity index (χ3v) is 7.26. The first-order valence-corrected chi connectivity index (χ1v) is 13.1. The molecule has 2 aromatic rings. The summed E-state index contributed by atoms with van der Waals surface area (Å²) in [5.74, 6) is -4.40. The molecule has 1 saturated heterocycles. The average Bonchev–Trinajstić information content (AvgIpc) is 2.91. The first-order chi connectivity index (χ1) is 18.7. The largest absolute Gasteiger partial charge is 0.481 e. The predicted octanol–water partition coefficient (Wildman–Crippen LogP) is 3.64. The molecular formula is C29H35N5O5. The van der Waals surface area contributed by atoms with Gasteiger partial charge in [0.15, 0.2) is 0 Å². The summed E-state index contributed by atoms with van der Waals surface area (Å²) < 4.78 is 0. The molecule has 0 spiro atoms. The molecule has 10 nitrogen and oxygen atoms in total. The quantitative estimate of drug-likeness (QED) is 0.362. The lowest BCUT2D eigenvalue weighted by atomic mass is 9.75. The molecule has 4 rings (SSSR count). The molecule has 10 heteroatoms. The molecule has 2 heterocycles. The van der Waals surface area contributed by atoms with Crippen molar-refractivity contribution in [1.82, 2.24) is 10.2 Å². The van der Waals surface area contributed by atoms with Gasteiger partial charge in [-0.15, -0.1) is 0 Å². The van der Waals surface area contributed by atoms with Crippen LogP contribution in [0.1, 0.15) is 31.7 Å². The number of hydrogen-bond donors (Lipinski definition) is 4. The summed E-state index contributed by atoms with van der Waals surface area (Å²) >= 11 is 0. The molecule has 0 bridgehead atoms. The normalized spacial score (nSPS) is 19.8. The van der Waals surface area contributed by atoms with E-state index >= 15 is 0 Å². The van der Waals surface area contributed by atoms with E-state index in [0.29, 0.717) is 23.5 Å². The molecule has 2 aromatic carbocycles. The molecule has 0 aromatic heterocycles. The van der Waals surface area contributed by atoms with Crippen molar-refractivity contribution in [3.63, 3.8) is 0 Å². The van der Waals surface area contributed by atoms with Crippen molar-refractivity contribution in [2.45, 2.75) is 26.2 Å². The first kappa shape index (κ1) is 27.8. The van der Waals surface area contributed by atoms with Crippen LogP contribution in [0.3, 0.4) is 0 Å². The molecule has 2 aliphatic rings. The molecule has 0 radical (unpaired) electrons. The second-order valence-electron chi connectivity index (χ2n) is 9.88. The Labute approximate surface area is 228 Å². The van der Waals surface area contributed by atoms with Gasteiger partial charge < -0.3 is 25.7 Å². The van der Waals surface area contributed by atoms with Crippen molar-refractivity contribution in [3.8, 4) is 0 Å². The Morgan fingerprint density at radius 1 is 0.974 bits per heavy atom. The number of amides is 2. The fourth-order valence-corrected chi connectivity index (χ4v) is 5.35. The summed E-state index contributed by atoms with van der Waals surface area (Å²) in [6.45, 7) is 8.45. The maximum atomic E-state index is 12.5. The minimum Gasteiger partial charge on any atom is -0.481 e. The van der Waals surface area contributed by atoms with Crippen LogP contribution in [0.25, 0.3) is 0 Å². The fraction of sp³-hybridized carbons (Fsp3) is 0.379. The Bertz CT molecular complexity index is 1270. The zero-order valence-corrected chi connectivity index (χ0v) is 22.3. The number of aliphatic carboxylic acids is 2. The summed E-state index contributed by atoms with van der Waals surface area (Å²) in [7, 11) is 0. The molecule has 4 N–H and O–H groups in total. The third-order valence-electron chi connectivity index (χ3n) is 7.26. The Hall–Kier alpha value is -4.18. The zero-order valence-electron chi connectivity index (χ0n) is 22.3. The van der Waals surface area contributed by atoms with Gasteiger partial charge in [-0.25, -0.2) is 9.59 Å². The number of urea groups is 1. The van der Waals surface area contributed by atoms with Crippen molar-refractivity contribution in [2.75, 3.05) is 49.5 Å². The first-order valence-electron chi connectivity index (χ1n) is 13.1. The van der Waals surface area contributed by atoms with Gasteiger partial charge in [0, 0.05) is 61.4 Å². The van der Waals surface area contributed by atoms with Gasteiger partial charge in [-0.3, -0.25) is 14.7 Å². The SMILES string of the molecule is CC1=NC(C)=C(C(=O)O)C(c2cccc(NC(=O)NCCCN3CCN(c4ccccc4)CC3)c2)C1C(=O)O. The number of nitrogens with zero attached hydrogens (tertiary/aromatic N) is 3. The fourth-order valence-electron chi connectivity index (χ4n) is 5.35. The van der Waals surface area contributed by atoms with Crippen molar-refractivity contribution in [1.29, 1.82) is 0 Å². The molecule has 206 valence electrons. The van der Waals surface area contributed by atoms with Gasteiger partial charge in [-0.2, -0.15) is 0 Å². The molecule has 2 aliphatic heterocycles. The highest BCUT2D eigenvalue weighted by molar-refractivity contribution is 6.06. The van der Waals surface area contributed by atoms with Crippen LogP contribution in [0.5, 0.6) is 0 Å². The Morgan fingerprint density at radius 3 is 2.36 bits per heavy atom. The van der Waals surface area contributed by atoms with Crippen LogP contribution in [0.2, 0.25) is 0 Å². The Kier molecular flexibility index (Phi) is 8.98. The standard InChI is InChI=1S/C29H35N5O5/c1-19-24(27(35)36)26(25(28(37)38)20(2)31-19)21-8-6-9-22(18-21)32-29(39)30-12-7-13-33-14-16-34(17-15-33)23-10-4-3-5-11-23/h3-6,8-11,18,24,26H,7,12-17H2,1-2H3,(H,35,36)(H,37,38)(H2,30,32,39). The molecule has 39 heavy (non-hydrogen) atoms. The number of piperazine rings is 1. The second kappa shape index (κ2) is 12.6. The average molecular weight is 534 g/mol. The number of aliphatic imine (C=N–C) groups is 1. The minimum absolute atomic E-state index is 0.0563. The maximum absolute atomic E-state index is 12.5. The number of carboxylic acid groups (broad SMARTS) is 2. The van der Waals surface area contributed by atoms with Crippen LogP contribution in [0.15, 0.2) is 70.9 Å². The number of rotatable bonds is 9. The van der Waals surface area contributed by atoms with E-state index in [1.54, 1.807) is 38.1 Å². The van der Waals surface area contributed by atoms with E-state index in [4.69, 9.17) is 0 Å². The zero-order chi connectivity index (χ0) is 27.9. The summed E-state index contributed by atoms with van der Waals surface area (Å²) in [6, 6.07) is 16.7. The van der Waals surface area contributed by atoms with Crippen LogP contribution >= 0.6 is 0 Å². The summed E-state index contributed by atoms with van der Waals surface area (Å²) in [5.41, 5.74) is 2.75. The molecular weight excluding hydrogens is 498 g/mol. The smallest absolute Gasteiger partial charge is 0.334 e. The highest BCUT2D eigenvalue weighted by Crippen LogP contribution is 2.39. The van der Waals surface area contributed by atoms with E-state index in [2.05, 4.69) is 49.7 Å². The summed E-state index contributed by atoms with van der Waals surface area (Å²) in [5, 5.41) is 25.3. The highest BCUT2D eigenvalue weighted by Gasteiger charge is 2.41. The molecule has 0 saturated carbocycles. The van der Waals surface area contributed by atoms with E-state index < -0.39 is 23.8 Å². The van der Waals surface area contributed by atoms with Crippen LogP contribution in [0, 0.1) is 5.92 Å². The molecule has 2 unspecified atom stereocenters. The Morgan fingerprint density at radius 2 is 1.69 bits per heavy atom. The number of carbonyl (C=O) groups excluding carboxylic acids is 1. The van der Waals surface area contributed by atoms with Gasteiger partial charge >= 0.3 is 18.0 Å².